The summed E-state index contributed by atoms with van der Waals surface area (Å²) in [4.78, 5) is 3.63. The fourth-order valence-electron chi connectivity index (χ4n) is 5.05. The Kier molecular flexibility index (Phi) is 11.2. The number of hydrogen-bond acceptors (Lipinski definition) is 6. The summed E-state index contributed by atoms with van der Waals surface area (Å²) in [6.45, 7) is 15.5. The Balaban J connectivity index is 1.50. The lowest BCUT2D eigenvalue weighted by Crippen LogP contribution is -2.28. The zero-order chi connectivity index (χ0) is 27.5. The van der Waals surface area contributed by atoms with Gasteiger partial charge in [0.25, 0.3) is 0 Å². The summed E-state index contributed by atoms with van der Waals surface area (Å²) in [6.07, 6.45) is 6.70. The number of anilines is 1. The van der Waals surface area contributed by atoms with Crippen molar-refractivity contribution in [3.8, 4) is 0 Å². The molecule has 2 aromatic carbocycles. The highest BCUT2D eigenvalue weighted by Gasteiger charge is 2.43. The van der Waals surface area contributed by atoms with E-state index in [1.807, 2.05) is 25.6 Å². The van der Waals surface area contributed by atoms with Crippen LogP contribution in [0.15, 0.2) is 76.7 Å². The molecule has 2 aliphatic heterocycles. The van der Waals surface area contributed by atoms with E-state index < -0.39 is 0 Å². The van der Waals surface area contributed by atoms with Crippen LogP contribution in [-0.4, -0.2) is 76.2 Å². The maximum absolute atomic E-state index is 5.89. The van der Waals surface area contributed by atoms with E-state index in [0.29, 0.717) is 39.6 Å². The quantitative estimate of drug-likeness (QED) is 0.183. The average molecular weight is 552 g/mol. The highest BCUT2D eigenvalue weighted by molar-refractivity contribution is 8.03. The van der Waals surface area contributed by atoms with Crippen LogP contribution < -0.4 is 4.90 Å². The number of rotatable bonds is 16. The maximum atomic E-state index is 5.89. The third-order valence-corrected chi connectivity index (χ3v) is 8.13. The topological polar surface area (TPSA) is 43.2 Å². The van der Waals surface area contributed by atoms with Gasteiger partial charge in [-0.05, 0) is 45.9 Å². The van der Waals surface area contributed by atoms with Crippen LogP contribution in [0.3, 0.4) is 0 Å². The molecule has 0 spiro atoms. The van der Waals surface area contributed by atoms with Gasteiger partial charge in [0.1, 0.15) is 6.61 Å². The first-order valence-electron chi connectivity index (χ1n) is 14.1. The van der Waals surface area contributed by atoms with Gasteiger partial charge in [0.15, 0.2) is 12.3 Å². The van der Waals surface area contributed by atoms with Gasteiger partial charge in [0, 0.05) is 42.4 Å². The molecular formula is C32H43N2O4S+. The van der Waals surface area contributed by atoms with Crippen LogP contribution in [0, 0.1) is 0 Å². The van der Waals surface area contributed by atoms with Gasteiger partial charge in [-0.25, -0.2) is 0 Å². The van der Waals surface area contributed by atoms with Crippen molar-refractivity contribution in [2.75, 3.05) is 70.8 Å². The number of fused-ring (bicyclic) bond motifs is 2. The summed E-state index contributed by atoms with van der Waals surface area (Å²) in [5.74, 6) is 0. The molecule has 0 radical (unpaired) electrons. The molecule has 0 amide bonds. The van der Waals surface area contributed by atoms with E-state index in [-0.39, 0.29) is 5.41 Å². The number of allylic oxidation sites excluding steroid dienone is 3. The molecule has 0 atom stereocenters. The molecule has 0 N–H and O–H groups in total. The smallest absolute Gasteiger partial charge is 0.209 e. The lowest BCUT2D eigenvalue weighted by molar-refractivity contribution is -0.442. The minimum atomic E-state index is -0.100. The molecule has 0 saturated carbocycles. The fourth-order valence-corrected chi connectivity index (χ4v) is 6.15. The van der Waals surface area contributed by atoms with E-state index >= 15 is 0 Å². The van der Waals surface area contributed by atoms with Gasteiger partial charge in [-0.15, -0.1) is 0 Å². The normalized spacial score (nSPS) is 17.0. The summed E-state index contributed by atoms with van der Waals surface area (Å²) >= 11 is 1.81. The van der Waals surface area contributed by atoms with Crippen molar-refractivity contribution >= 4 is 28.8 Å². The lowest BCUT2D eigenvalue weighted by Gasteiger charge is -2.20. The van der Waals surface area contributed by atoms with E-state index in [1.165, 1.54) is 32.6 Å². The third kappa shape index (κ3) is 7.41. The molecule has 2 aliphatic rings. The predicted molar refractivity (Wildman–Crippen MR) is 161 cm³/mol. The highest BCUT2D eigenvalue weighted by Crippen LogP contribution is 2.45. The zero-order valence-electron chi connectivity index (χ0n) is 23.9. The van der Waals surface area contributed by atoms with Gasteiger partial charge >= 0.3 is 0 Å². The number of nitrogens with zero attached hydrogens (tertiary/aromatic N) is 2. The van der Waals surface area contributed by atoms with Gasteiger partial charge in [0.2, 0.25) is 5.69 Å². The molecule has 6 nitrogen and oxygen atoms in total. The van der Waals surface area contributed by atoms with Crippen molar-refractivity contribution in [1.29, 1.82) is 0 Å². The SMILES string of the molecule is CCOCCOCCN1/C(=C/C=C/C2=[N+](CCOCCOCC)c3ccccc3C2(C)C)Sc2ccccc21. The lowest BCUT2D eigenvalue weighted by atomic mass is 9.81. The summed E-state index contributed by atoms with van der Waals surface area (Å²) in [7, 11) is 0. The summed E-state index contributed by atoms with van der Waals surface area (Å²) in [6, 6.07) is 17.3. The zero-order valence-corrected chi connectivity index (χ0v) is 24.7. The van der Waals surface area contributed by atoms with E-state index in [0.717, 1.165) is 26.3 Å². The summed E-state index contributed by atoms with van der Waals surface area (Å²) in [5.41, 5.74) is 5.02. The van der Waals surface area contributed by atoms with Crippen molar-refractivity contribution in [3.63, 3.8) is 0 Å². The third-order valence-electron chi connectivity index (χ3n) is 7.00. The molecular weight excluding hydrogens is 508 g/mol. The average Bonchev–Trinajstić information content (AvgIpc) is 3.40. The molecule has 7 heteroatoms. The van der Waals surface area contributed by atoms with Gasteiger partial charge in [-0.1, -0.05) is 48.2 Å². The van der Waals surface area contributed by atoms with Gasteiger partial charge in [0.05, 0.1) is 49.2 Å². The molecule has 210 valence electrons. The van der Waals surface area contributed by atoms with Crippen molar-refractivity contribution in [2.45, 2.75) is 38.0 Å². The van der Waals surface area contributed by atoms with Crippen LogP contribution in [0.25, 0.3) is 0 Å². The first-order valence-corrected chi connectivity index (χ1v) is 14.9. The second kappa shape index (κ2) is 14.8. The maximum Gasteiger partial charge on any atom is 0.209 e. The molecule has 39 heavy (non-hydrogen) atoms. The number of benzene rings is 2. The van der Waals surface area contributed by atoms with Crippen molar-refractivity contribution < 1.29 is 23.5 Å². The molecule has 0 aliphatic carbocycles. The number of para-hydroxylation sites is 2. The first kappa shape index (κ1) is 29.6. The fraction of sp³-hybridized carbons (Fsp3) is 0.469. The van der Waals surface area contributed by atoms with E-state index in [2.05, 4.69) is 90.1 Å². The number of ether oxygens (including phenoxy) is 4. The van der Waals surface area contributed by atoms with Gasteiger partial charge in [-0.3, -0.25) is 0 Å². The Bertz CT molecular complexity index is 1170. The minimum Gasteiger partial charge on any atom is -0.379 e. The van der Waals surface area contributed by atoms with Crippen LogP contribution in [0.2, 0.25) is 0 Å². The van der Waals surface area contributed by atoms with E-state index in [9.17, 15) is 0 Å². The van der Waals surface area contributed by atoms with Crippen LogP contribution >= 0.6 is 11.8 Å². The van der Waals surface area contributed by atoms with Crippen molar-refractivity contribution in [1.82, 2.24) is 0 Å². The molecule has 0 fully saturated rings. The first-order chi connectivity index (χ1) is 19.1. The van der Waals surface area contributed by atoms with Crippen LogP contribution in [-0.2, 0) is 24.4 Å². The Labute approximate surface area is 238 Å². The largest absolute Gasteiger partial charge is 0.379 e. The summed E-state index contributed by atoms with van der Waals surface area (Å²) < 4.78 is 24.9. The molecule has 4 rings (SSSR count). The molecule has 0 bridgehead atoms. The molecule has 0 aromatic heterocycles. The molecule has 0 saturated heterocycles. The number of hydrogen-bond donors (Lipinski definition) is 0. The van der Waals surface area contributed by atoms with Crippen LogP contribution in [0.5, 0.6) is 0 Å². The van der Waals surface area contributed by atoms with Gasteiger partial charge < -0.3 is 23.8 Å². The van der Waals surface area contributed by atoms with E-state index in [1.54, 1.807) is 0 Å². The second-order valence-corrected chi connectivity index (χ2v) is 10.9. The van der Waals surface area contributed by atoms with E-state index in [4.69, 9.17) is 18.9 Å². The summed E-state index contributed by atoms with van der Waals surface area (Å²) in [5, 5.41) is 1.21. The van der Waals surface area contributed by atoms with Crippen LogP contribution in [0.1, 0.15) is 33.3 Å². The Morgan fingerprint density at radius 1 is 0.821 bits per heavy atom. The monoisotopic (exact) mass is 551 g/mol. The standard InChI is InChI=1S/C32H43N2O4S/c1-5-35-22-24-37-20-18-33-27-13-8-7-12-26(27)32(3,4)30(33)16-11-17-31-34(19-21-38-25-23-36-6-2)28-14-9-10-15-29(28)39-31/h7-17H,5-6,18-25H2,1-4H3/q+1. The Hall–Kier alpha value is -2.42. The van der Waals surface area contributed by atoms with Crippen molar-refractivity contribution in [3.05, 3.63) is 77.4 Å². The highest BCUT2D eigenvalue weighted by atomic mass is 32.2. The number of thioether (sulfide) groups is 1. The Morgan fingerprint density at radius 2 is 1.49 bits per heavy atom. The van der Waals surface area contributed by atoms with Crippen molar-refractivity contribution in [2.24, 2.45) is 0 Å². The second-order valence-electron chi connectivity index (χ2n) is 9.88. The minimum absolute atomic E-state index is 0.100. The molecule has 2 aromatic rings. The molecule has 2 heterocycles. The van der Waals surface area contributed by atoms with Crippen LogP contribution in [0.4, 0.5) is 11.4 Å². The predicted octanol–water partition coefficient (Wildman–Crippen LogP) is 6.18. The molecule has 0 unspecified atom stereocenters. The van der Waals surface area contributed by atoms with Gasteiger partial charge in [-0.2, -0.15) is 4.58 Å². The Morgan fingerprint density at radius 3 is 2.26 bits per heavy atom.